The van der Waals surface area contributed by atoms with Crippen molar-refractivity contribution < 1.29 is 4.74 Å². The Hall–Kier alpha value is -0.0800. The van der Waals surface area contributed by atoms with Crippen LogP contribution in [0.25, 0.3) is 0 Å². The first-order valence-corrected chi connectivity index (χ1v) is 5.16. The van der Waals surface area contributed by atoms with E-state index in [0.717, 1.165) is 13.2 Å². The maximum absolute atomic E-state index is 5.70. The summed E-state index contributed by atoms with van der Waals surface area (Å²) in [5.41, 5.74) is 1.09. The molecule has 3 aliphatic rings. The highest BCUT2D eigenvalue weighted by Gasteiger charge is 2.59. The third-order valence-corrected chi connectivity index (χ3v) is 4.37. The molecule has 3 rings (SSSR count). The summed E-state index contributed by atoms with van der Waals surface area (Å²) in [7, 11) is 0. The molecule has 68 valence electrons. The largest absolute Gasteiger partial charge is 0.380 e. The predicted octanol–water partition coefficient (Wildman–Crippen LogP) is 1.17. The van der Waals surface area contributed by atoms with Crippen LogP contribution >= 0.6 is 0 Å². The minimum absolute atomic E-state index is 0.547. The Morgan fingerprint density at radius 2 is 1.50 bits per heavy atom. The molecule has 2 heterocycles. The minimum Gasteiger partial charge on any atom is -0.380 e. The molecule has 0 aromatic heterocycles. The second-order valence-electron chi connectivity index (χ2n) is 4.86. The van der Waals surface area contributed by atoms with Gasteiger partial charge in [-0.15, -0.1) is 0 Å². The van der Waals surface area contributed by atoms with E-state index < -0.39 is 0 Å². The van der Waals surface area contributed by atoms with Gasteiger partial charge in [-0.25, -0.2) is 0 Å². The molecule has 0 radical (unpaired) electrons. The molecule has 2 aliphatic heterocycles. The fraction of sp³-hybridized carbons (Fsp3) is 1.00. The van der Waals surface area contributed by atoms with E-state index in [0.29, 0.717) is 10.8 Å². The topological polar surface area (TPSA) is 21.3 Å². The normalized spacial score (nSPS) is 52.0. The smallest absolute Gasteiger partial charge is 0.0541 e. The highest BCUT2D eigenvalue weighted by Crippen LogP contribution is 2.56. The van der Waals surface area contributed by atoms with Gasteiger partial charge in [0.1, 0.15) is 0 Å². The summed E-state index contributed by atoms with van der Waals surface area (Å²) in [4.78, 5) is 0. The standard InChI is InChI=1S/C10H17NO/c1-2-4-10-6-11-5-9(10,3-1)7-12-8-10/h11H,1-8H2. The lowest BCUT2D eigenvalue weighted by molar-refractivity contribution is 0.0945. The number of nitrogens with one attached hydrogen (secondary N) is 1. The summed E-state index contributed by atoms with van der Waals surface area (Å²) in [6.07, 6.45) is 5.65. The Balaban J connectivity index is 2.00. The van der Waals surface area contributed by atoms with Crippen molar-refractivity contribution in [2.45, 2.75) is 25.7 Å². The lowest BCUT2D eigenvalue weighted by Crippen LogP contribution is -2.42. The highest BCUT2D eigenvalue weighted by molar-refractivity contribution is 5.10. The summed E-state index contributed by atoms with van der Waals surface area (Å²) in [5.74, 6) is 0. The van der Waals surface area contributed by atoms with Crippen LogP contribution in [-0.4, -0.2) is 26.3 Å². The Morgan fingerprint density at radius 3 is 2.08 bits per heavy atom. The van der Waals surface area contributed by atoms with E-state index in [1.54, 1.807) is 0 Å². The minimum atomic E-state index is 0.547. The van der Waals surface area contributed by atoms with Gasteiger partial charge in [-0.2, -0.15) is 0 Å². The number of hydrogen-bond donors (Lipinski definition) is 1. The SMILES string of the molecule is C1CCC23CNCC2(C1)COC3. The Morgan fingerprint density at radius 1 is 0.917 bits per heavy atom. The van der Waals surface area contributed by atoms with Crippen molar-refractivity contribution in [3.63, 3.8) is 0 Å². The molecule has 1 aliphatic carbocycles. The zero-order chi connectivity index (χ0) is 8.07. The van der Waals surface area contributed by atoms with Crippen LogP contribution in [0.5, 0.6) is 0 Å². The van der Waals surface area contributed by atoms with E-state index in [1.807, 2.05) is 0 Å². The predicted molar refractivity (Wildman–Crippen MR) is 47.0 cm³/mol. The summed E-state index contributed by atoms with van der Waals surface area (Å²) < 4.78 is 5.70. The zero-order valence-electron chi connectivity index (χ0n) is 7.57. The van der Waals surface area contributed by atoms with E-state index >= 15 is 0 Å². The van der Waals surface area contributed by atoms with Gasteiger partial charge in [-0.3, -0.25) is 0 Å². The molecule has 1 saturated carbocycles. The van der Waals surface area contributed by atoms with Crippen LogP contribution < -0.4 is 5.32 Å². The lowest BCUT2D eigenvalue weighted by Gasteiger charge is -2.41. The quantitative estimate of drug-likeness (QED) is 0.584. The number of hydrogen-bond acceptors (Lipinski definition) is 2. The molecule has 2 heteroatoms. The monoisotopic (exact) mass is 167 g/mol. The Bertz CT molecular complexity index is 172. The molecule has 3 fully saturated rings. The van der Waals surface area contributed by atoms with Crippen molar-refractivity contribution in [2.24, 2.45) is 10.8 Å². The molecular weight excluding hydrogens is 150 g/mol. The van der Waals surface area contributed by atoms with E-state index in [-0.39, 0.29) is 0 Å². The van der Waals surface area contributed by atoms with Crippen LogP contribution in [0.15, 0.2) is 0 Å². The zero-order valence-corrected chi connectivity index (χ0v) is 7.57. The fourth-order valence-electron chi connectivity index (χ4n) is 3.54. The summed E-state index contributed by atoms with van der Waals surface area (Å²) in [5, 5.41) is 3.57. The second kappa shape index (κ2) is 2.24. The molecule has 0 aromatic carbocycles. The summed E-state index contributed by atoms with van der Waals surface area (Å²) in [6.45, 7) is 4.49. The molecule has 2 saturated heterocycles. The first-order chi connectivity index (χ1) is 5.87. The summed E-state index contributed by atoms with van der Waals surface area (Å²) >= 11 is 0. The van der Waals surface area contributed by atoms with Gasteiger partial charge < -0.3 is 10.1 Å². The molecule has 12 heavy (non-hydrogen) atoms. The third-order valence-electron chi connectivity index (χ3n) is 4.37. The molecule has 1 N–H and O–H groups in total. The van der Waals surface area contributed by atoms with Crippen molar-refractivity contribution in [2.75, 3.05) is 26.3 Å². The summed E-state index contributed by atoms with van der Waals surface area (Å²) in [6, 6.07) is 0. The van der Waals surface area contributed by atoms with E-state index in [4.69, 9.17) is 4.74 Å². The maximum Gasteiger partial charge on any atom is 0.0541 e. The van der Waals surface area contributed by atoms with Gasteiger partial charge in [-0.05, 0) is 12.8 Å². The number of rotatable bonds is 0. The molecule has 0 aromatic rings. The molecular formula is C10H17NO. The van der Waals surface area contributed by atoms with Gasteiger partial charge >= 0.3 is 0 Å². The molecule has 0 spiro atoms. The van der Waals surface area contributed by atoms with Gasteiger partial charge in [0.05, 0.1) is 13.2 Å². The Labute approximate surface area is 73.7 Å². The van der Waals surface area contributed by atoms with Crippen LogP contribution in [0, 0.1) is 10.8 Å². The van der Waals surface area contributed by atoms with E-state index in [9.17, 15) is 0 Å². The molecule has 0 amide bonds. The van der Waals surface area contributed by atoms with Crippen molar-refractivity contribution in [3.8, 4) is 0 Å². The van der Waals surface area contributed by atoms with Crippen molar-refractivity contribution in [1.82, 2.24) is 5.32 Å². The third kappa shape index (κ3) is 0.686. The molecule has 2 atom stereocenters. The van der Waals surface area contributed by atoms with E-state index in [1.165, 1.54) is 38.8 Å². The maximum atomic E-state index is 5.70. The average molecular weight is 167 g/mol. The van der Waals surface area contributed by atoms with Crippen LogP contribution in [0.3, 0.4) is 0 Å². The van der Waals surface area contributed by atoms with Gasteiger partial charge in [0, 0.05) is 23.9 Å². The first-order valence-electron chi connectivity index (χ1n) is 5.16. The Kier molecular flexibility index (Phi) is 1.37. The van der Waals surface area contributed by atoms with Gasteiger partial charge in [0.2, 0.25) is 0 Å². The average Bonchev–Trinajstić information content (AvgIpc) is 2.57. The van der Waals surface area contributed by atoms with Crippen LogP contribution in [0.4, 0.5) is 0 Å². The molecule has 0 bridgehead atoms. The second-order valence-corrected chi connectivity index (χ2v) is 4.86. The molecule has 2 nitrogen and oxygen atoms in total. The van der Waals surface area contributed by atoms with E-state index in [2.05, 4.69) is 5.32 Å². The van der Waals surface area contributed by atoms with Crippen molar-refractivity contribution in [1.29, 1.82) is 0 Å². The van der Waals surface area contributed by atoms with Gasteiger partial charge in [0.15, 0.2) is 0 Å². The van der Waals surface area contributed by atoms with Crippen molar-refractivity contribution >= 4 is 0 Å². The fourth-order valence-corrected chi connectivity index (χ4v) is 3.54. The van der Waals surface area contributed by atoms with Gasteiger partial charge in [0.25, 0.3) is 0 Å². The highest BCUT2D eigenvalue weighted by atomic mass is 16.5. The van der Waals surface area contributed by atoms with Crippen LogP contribution in [-0.2, 0) is 4.74 Å². The van der Waals surface area contributed by atoms with Crippen molar-refractivity contribution in [3.05, 3.63) is 0 Å². The van der Waals surface area contributed by atoms with Crippen LogP contribution in [0.1, 0.15) is 25.7 Å². The van der Waals surface area contributed by atoms with Gasteiger partial charge in [-0.1, -0.05) is 12.8 Å². The van der Waals surface area contributed by atoms with Crippen LogP contribution in [0.2, 0.25) is 0 Å². The molecule has 2 unspecified atom stereocenters. The first kappa shape index (κ1) is 7.34. The number of ether oxygens (including phenoxy) is 1. The lowest BCUT2D eigenvalue weighted by atomic mass is 9.60.